The minimum atomic E-state index is -0.807. The van der Waals surface area contributed by atoms with Crippen LogP contribution in [0.5, 0.6) is 0 Å². The van der Waals surface area contributed by atoms with Crippen LogP contribution < -0.4 is 4.90 Å². The van der Waals surface area contributed by atoms with Crippen molar-refractivity contribution in [3.05, 3.63) is 76.9 Å². The summed E-state index contributed by atoms with van der Waals surface area (Å²) >= 11 is 6.15. The van der Waals surface area contributed by atoms with E-state index in [1.807, 2.05) is 69.0 Å². The fourth-order valence-corrected chi connectivity index (χ4v) is 5.16. The molecule has 1 saturated heterocycles. The normalized spacial score (nSPS) is 15.1. The molecule has 1 aliphatic rings. The summed E-state index contributed by atoms with van der Waals surface area (Å²) in [5.41, 5.74) is 7.50. The minimum absolute atomic E-state index is 0.0179. The number of aliphatic carboxylic acids is 1. The van der Waals surface area contributed by atoms with Gasteiger partial charge in [0.1, 0.15) is 0 Å². The third-order valence-electron chi connectivity index (χ3n) is 7.16. The molecule has 1 amide bonds. The fraction of sp³-hybridized carbons (Fsp3) is 0.406. The van der Waals surface area contributed by atoms with Crippen LogP contribution in [0.1, 0.15) is 66.2 Å². The third-order valence-corrected chi connectivity index (χ3v) is 7.31. The number of aromatic nitrogens is 3. The highest BCUT2D eigenvalue weighted by Crippen LogP contribution is 2.25. The number of rotatable bonds is 10. The van der Waals surface area contributed by atoms with E-state index in [1.165, 1.54) is 0 Å². The zero-order valence-corrected chi connectivity index (χ0v) is 25.0. The summed E-state index contributed by atoms with van der Waals surface area (Å²) in [7, 11) is 0. The van der Waals surface area contributed by atoms with Crippen LogP contribution in [-0.4, -0.2) is 68.4 Å². The predicted molar refractivity (Wildman–Crippen MR) is 165 cm³/mol. The first-order chi connectivity index (χ1) is 19.6. The molecule has 9 heteroatoms. The Morgan fingerprint density at radius 1 is 1.00 bits per heavy atom. The van der Waals surface area contributed by atoms with E-state index in [0.29, 0.717) is 48.9 Å². The van der Waals surface area contributed by atoms with Gasteiger partial charge in [-0.1, -0.05) is 18.2 Å². The van der Waals surface area contributed by atoms with Gasteiger partial charge >= 0.3 is 5.97 Å². The van der Waals surface area contributed by atoms with Crippen molar-refractivity contribution in [1.82, 2.24) is 19.9 Å². The maximum Gasteiger partial charge on any atom is 0.303 e. The quantitative estimate of drug-likeness (QED) is 0.180. The van der Waals surface area contributed by atoms with Crippen LogP contribution in [0, 0.1) is 13.8 Å². The van der Waals surface area contributed by atoms with Gasteiger partial charge in [0, 0.05) is 60.6 Å². The van der Waals surface area contributed by atoms with E-state index in [1.54, 1.807) is 0 Å². The van der Waals surface area contributed by atoms with Crippen LogP contribution in [0.4, 0.5) is 5.69 Å². The van der Waals surface area contributed by atoms with Gasteiger partial charge in [0.15, 0.2) is 0 Å². The number of carbonyl (C=O) groups is 2. The van der Waals surface area contributed by atoms with E-state index in [0.717, 1.165) is 47.1 Å². The summed E-state index contributed by atoms with van der Waals surface area (Å²) < 4.78 is 0. The number of aryl methyl sites for hydroxylation is 3. The lowest BCUT2D eigenvalue weighted by Crippen LogP contribution is -2.48. The van der Waals surface area contributed by atoms with E-state index in [9.17, 15) is 9.59 Å². The molecule has 0 radical (unpaired) electrons. The van der Waals surface area contributed by atoms with Crippen molar-refractivity contribution in [2.75, 3.05) is 31.1 Å². The van der Waals surface area contributed by atoms with E-state index < -0.39 is 5.97 Å². The van der Waals surface area contributed by atoms with Gasteiger partial charge < -0.3 is 14.9 Å². The number of anilines is 1. The lowest BCUT2D eigenvalue weighted by Gasteiger charge is -2.36. The number of halogens is 1. The number of carboxylic acids is 1. The van der Waals surface area contributed by atoms with Crippen LogP contribution in [0.15, 0.2) is 48.6 Å². The number of pyridine rings is 1. The molecule has 0 saturated carbocycles. The number of amides is 1. The standard InChI is InChI=1S/C32H38ClN5O3/c1-5-24(11-10-21(2)33)31-28(8-6-7-9-30(39)40)35-29-20-25(12-13-27(29)36-31)32(41)38-16-14-37(15-17-38)26-18-22(3)34-23(4)19-26/h5,10-13,18-21H,6-9,14-17H2,1-4H3,(H,39,40)/b11-10-,24-5+. The zero-order valence-electron chi connectivity index (χ0n) is 24.2. The summed E-state index contributed by atoms with van der Waals surface area (Å²) in [4.78, 5) is 43.0. The van der Waals surface area contributed by atoms with E-state index in [2.05, 4.69) is 22.0 Å². The second-order valence-corrected chi connectivity index (χ2v) is 11.2. The molecule has 1 fully saturated rings. The highest BCUT2D eigenvalue weighted by Gasteiger charge is 2.23. The maximum absolute atomic E-state index is 13.5. The molecule has 216 valence electrons. The number of unbranched alkanes of at least 4 members (excludes halogenated alkanes) is 1. The van der Waals surface area contributed by atoms with Crippen molar-refractivity contribution in [2.24, 2.45) is 0 Å². The number of carbonyl (C=O) groups excluding carboxylic acids is 1. The van der Waals surface area contributed by atoms with Crippen molar-refractivity contribution in [3.63, 3.8) is 0 Å². The molecule has 1 atom stereocenters. The predicted octanol–water partition coefficient (Wildman–Crippen LogP) is 5.99. The molecule has 2 aromatic heterocycles. The topological polar surface area (TPSA) is 99.5 Å². The van der Waals surface area contributed by atoms with Gasteiger partial charge in [-0.2, -0.15) is 0 Å². The Kier molecular flexibility index (Phi) is 10.1. The lowest BCUT2D eigenvalue weighted by molar-refractivity contribution is -0.137. The van der Waals surface area contributed by atoms with Gasteiger partial charge in [-0.25, -0.2) is 9.97 Å². The first-order valence-corrected chi connectivity index (χ1v) is 14.6. The molecular formula is C32H38ClN5O3. The highest BCUT2D eigenvalue weighted by molar-refractivity contribution is 6.21. The van der Waals surface area contributed by atoms with Crippen molar-refractivity contribution in [1.29, 1.82) is 0 Å². The van der Waals surface area contributed by atoms with Crippen molar-refractivity contribution in [3.8, 4) is 0 Å². The molecule has 0 spiro atoms. The van der Waals surface area contributed by atoms with E-state index in [-0.39, 0.29) is 17.7 Å². The van der Waals surface area contributed by atoms with Gasteiger partial charge in [0.25, 0.3) is 5.91 Å². The SMILES string of the molecule is C/C=C(\C=C/C(C)Cl)c1nc2ccc(C(=O)N3CCN(c4cc(C)nc(C)c4)CC3)cc2nc1CCCCC(=O)O. The molecule has 1 N–H and O–H groups in total. The third kappa shape index (κ3) is 7.91. The Morgan fingerprint density at radius 3 is 2.34 bits per heavy atom. The van der Waals surface area contributed by atoms with E-state index >= 15 is 0 Å². The highest BCUT2D eigenvalue weighted by atomic mass is 35.5. The van der Waals surface area contributed by atoms with Crippen molar-refractivity contribution >= 4 is 45.8 Å². The molecule has 0 bridgehead atoms. The number of nitrogens with zero attached hydrogens (tertiary/aromatic N) is 5. The summed E-state index contributed by atoms with van der Waals surface area (Å²) in [6.45, 7) is 10.6. The molecule has 4 rings (SSSR count). The van der Waals surface area contributed by atoms with Crippen LogP contribution in [0.3, 0.4) is 0 Å². The molecule has 3 heterocycles. The Labute approximate surface area is 246 Å². The Morgan fingerprint density at radius 2 is 1.71 bits per heavy atom. The van der Waals surface area contributed by atoms with Crippen LogP contribution >= 0.6 is 11.6 Å². The Balaban J connectivity index is 1.56. The maximum atomic E-state index is 13.5. The van der Waals surface area contributed by atoms with Gasteiger partial charge in [-0.15, -0.1) is 11.6 Å². The molecule has 8 nitrogen and oxygen atoms in total. The van der Waals surface area contributed by atoms with Crippen molar-refractivity contribution in [2.45, 2.75) is 58.8 Å². The molecule has 0 aliphatic carbocycles. The first kappa shape index (κ1) is 30.2. The largest absolute Gasteiger partial charge is 0.481 e. The number of carboxylic acid groups (broad SMARTS) is 1. The number of benzene rings is 1. The van der Waals surface area contributed by atoms with Crippen molar-refractivity contribution < 1.29 is 14.7 Å². The number of allylic oxidation sites excluding steroid dienone is 4. The summed E-state index contributed by atoms with van der Waals surface area (Å²) in [6, 6.07) is 9.68. The molecule has 1 aliphatic heterocycles. The van der Waals surface area contributed by atoms with Gasteiger partial charge in [-0.05, 0) is 82.9 Å². The molecular weight excluding hydrogens is 538 g/mol. The average molecular weight is 576 g/mol. The summed E-state index contributed by atoms with van der Waals surface area (Å²) in [5.74, 6) is -0.825. The molecule has 3 aromatic rings. The number of alkyl halides is 1. The van der Waals surface area contributed by atoms with Gasteiger partial charge in [0.2, 0.25) is 0 Å². The van der Waals surface area contributed by atoms with Gasteiger partial charge in [0.05, 0.1) is 22.4 Å². The Bertz CT molecular complexity index is 1460. The first-order valence-electron chi connectivity index (χ1n) is 14.2. The molecule has 1 unspecified atom stereocenters. The zero-order chi connectivity index (χ0) is 29.5. The van der Waals surface area contributed by atoms with Gasteiger partial charge in [-0.3, -0.25) is 14.6 Å². The van der Waals surface area contributed by atoms with Crippen LogP contribution in [0.2, 0.25) is 0 Å². The van der Waals surface area contributed by atoms with E-state index in [4.69, 9.17) is 26.7 Å². The number of fused-ring (bicyclic) bond motifs is 1. The number of piperazine rings is 1. The minimum Gasteiger partial charge on any atom is -0.481 e. The molecule has 1 aromatic carbocycles. The van der Waals surface area contributed by atoms with Crippen LogP contribution in [0.25, 0.3) is 16.6 Å². The molecule has 41 heavy (non-hydrogen) atoms. The summed E-state index contributed by atoms with van der Waals surface area (Å²) in [5, 5.41) is 8.91. The fourth-order valence-electron chi connectivity index (χ4n) is 5.09. The second-order valence-electron chi connectivity index (χ2n) is 10.5. The Hall–Kier alpha value is -3.78. The lowest BCUT2D eigenvalue weighted by atomic mass is 10.0. The van der Waals surface area contributed by atoms with Crippen LogP contribution in [-0.2, 0) is 11.2 Å². The number of hydrogen-bond acceptors (Lipinski definition) is 6. The average Bonchev–Trinajstić information content (AvgIpc) is 2.94. The monoisotopic (exact) mass is 575 g/mol. The smallest absolute Gasteiger partial charge is 0.303 e. The summed E-state index contributed by atoms with van der Waals surface area (Å²) in [6.07, 6.45) is 7.74. The number of hydrogen-bond donors (Lipinski definition) is 1. The second kappa shape index (κ2) is 13.7.